The minimum atomic E-state index is -1.23. The smallest absolute Gasteiger partial charge is 0.272 e. The van der Waals surface area contributed by atoms with Crippen molar-refractivity contribution < 1.29 is 23.3 Å². The molecule has 0 spiro atoms. The van der Waals surface area contributed by atoms with Crippen molar-refractivity contribution in [1.82, 2.24) is 30.5 Å². The number of amides is 3. The van der Waals surface area contributed by atoms with Crippen LogP contribution in [0.3, 0.4) is 0 Å². The number of carbonyl (C=O) groups excluding carboxylic acids is 3. The van der Waals surface area contributed by atoms with Crippen molar-refractivity contribution in [2.45, 2.75) is 45.8 Å². The Morgan fingerprint density at radius 2 is 1.91 bits per heavy atom. The van der Waals surface area contributed by atoms with Gasteiger partial charge >= 0.3 is 0 Å². The van der Waals surface area contributed by atoms with Crippen LogP contribution in [0.15, 0.2) is 34.9 Å². The summed E-state index contributed by atoms with van der Waals surface area (Å²) in [4.78, 5) is 40.1. The van der Waals surface area contributed by atoms with Crippen molar-refractivity contribution in [2.24, 2.45) is 0 Å². The summed E-state index contributed by atoms with van der Waals surface area (Å²) in [5, 5.41) is 13.8. The van der Waals surface area contributed by atoms with Crippen molar-refractivity contribution in [3.05, 3.63) is 70.1 Å². The first-order chi connectivity index (χ1) is 16.6. The van der Waals surface area contributed by atoms with Crippen LogP contribution in [0.2, 0.25) is 0 Å². The summed E-state index contributed by atoms with van der Waals surface area (Å²) in [6.45, 7) is 5.90. The summed E-state index contributed by atoms with van der Waals surface area (Å²) >= 11 is 0. The lowest BCUT2D eigenvalue weighted by Gasteiger charge is -2.40. The highest BCUT2D eigenvalue weighted by Crippen LogP contribution is 2.26. The van der Waals surface area contributed by atoms with Gasteiger partial charge in [-0.15, -0.1) is 0 Å². The van der Waals surface area contributed by atoms with Gasteiger partial charge in [0.05, 0.1) is 12.2 Å². The van der Waals surface area contributed by atoms with Gasteiger partial charge in [0.25, 0.3) is 11.8 Å². The molecule has 3 heterocycles. The average molecular weight is 483 g/mol. The lowest BCUT2D eigenvalue weighted by molar-refractivity contribution is -0.132. The van der Waals surface area contributed by atoms with Gasteiger partial charge in [0.1, 0.15) is 22.8 Å². The summed E-state index contributed by atoms with van der Waals surface area (Å²) in [6.07, 6.45) is 0.550. The molecule has 0 saturated carbocycles. The van der Waals surface area contributed by atoms with Gasteiger partial charge in [0, 0.05) is 31.8 Å². The fraction of sp³-hybridized carbons (Fsp3) is 0.375. The molecule has 3 aromatic rings. The zero-order chi connectivity index (χ0) is 25.3. The number of fused-ring (bicyclic) bond motifs is 1. The quantitative estimate of drug-likeness (QED) is 0.529. The van der Waals surface area contributed by atoms with Crippen molar-refractivity contribution in [3.8, 4) is 0 Å². The van der Waals surface area contributed by atoms with Gasteiger partial charge in [-0.3, -0.25) is 19.1 Å². The van der Waals surface area contributed by atoms with Crippen LogP contribution in [-0.2, 0) is 24.3 Å². The molecule has 0 radical (unpaired) electrons. The van der Waals surface area contributed by atoms with Crippen LogP contribution in [0.25, 0.3) is 0 Å². The molecule has 0 unspecified atom stereocenters. The van der Waals surface area contributed by atoms with Crippen LogP contribution in [0.4, 0.5) is 4.39 Å². The molecule has 10 nitrogen and oxygen atoms in total. The monoisotopic (exact) mass is 482 g/mol. The van der Waals surface area contributed by atoms with Gasteiger partial charge < -0.3 is 20.1 Å². The molecule has 2 aromatic heterocycles. The van der Waals surface area contributed by atoms with Gasteiger partial charge in [-0.25, -0.2) is 4.39 Å². The van der Waals surface area contributed by atoms with Crippen molar-refractivity contribution in [1.29, 1.82) is 0 Å². The Kier molecular flexibility index (Phi) is 6.42. The van der Waals surface area contributed by atoms with Crippen molar-refractivity contribution >= 4 is 17.7 Å². The number of hydrogen-bond donors (Lipinski definition) is 2. The molecular weight excluding hydrogens is 455 g/mol. The number of aromatic nitrogens is 3. The SMILES string of the molecule is Cc1noc(C)c1CCNC(=O)c1cc2n(n1)C[C@](C)(C(=O)NCc1ccc(F)cc1)N(C)C2=O. The third kappa shape index (κ3) is 4.66. The Morgan fingerprint density at radius 1 is 1.20 bits per heavy atom. The molecule has 35 heavy (non-hydrogen) atoms. The van der Waals surface area contributed by atoms with Crippen molar-refractivity contribution in [2.75, 3.05) is 13.6 Å². The lowest BCUT2D eigenvalue weighted by atomic mass is 9.96. The minimum Gasteiger partial charge on any atom is -0.361 e. The second-order valence-electron chi connectivity index (χ2n) is 8.83. The molecular formula is C24H27FN6O4. The number of carbonyl (C=O) groups is 3. The Morgan fingerprint density at radius 3 is 2.57 bits per heavy atom. The molecule has 0 aliphatic carbocycles. The normalized spacial score (nSPS) is 17.3. The van der Waals surface area contributed by atoms with E-state index in [0.717, 1.165) is 16.8 Å². The minimum absolute atomic E-state index is 0.0756. The van der Waals surface area contributed by atoms with E-state index in [1.165, 1.54) is 27.8 Å². The van der Waals surface area contributed by atoms with Crippen LogP contribution in [0.1, 0.15) is 50.5 Å². The maximum Gasteiger partial charge on any atom is 0.272 e. The summed E-state index contributed by atoms with van der Waals surface area (Å²) < 4.78 is 19.6. The first-order valence-electron chi connectivity index (χ1n) is 11.2. The Hall–Kier alpha value is -4.02. The molecule has 1 aliphatic rings. The average Bonchev–Trinajstić information content (AvgIpc) is 3.40. The summed E-state index contributed by atoms with van der Waals surface area (Å²) in [5.41, 5.74) is 1.54. The zero-order valence-electron chi connectivity index (χ0n) is 20.0. The number of nitrogens with zero attached hydrogens (tertiary/aromatic N) is 4. The largest absolute Gasteiger partial charge is 0.361 e. The van der Waals surface area contributed by atoms with E-state index in [-0.39, 0.29) is 36.2 Å². The van der Waals surface area contributed by atoms with Crippen LogP contribution in [-0.4, -0.2) is 56.7 Å². The summed E-state index contributed by atoms with van der Waals surface area (Å²) in [7, 11) is 1.54. The fourth-order valence-corrected chi connectivity index (χ4v) is 4.06. The van der Waals surface area contributed by atoms with Gasteiger partial charge in [-0.1, -0.05) is 17.3 Å². The van der Waals surface area contributed by atoms with Gasteiger partial charge in [-0.2, -0.15) is 5.10 Å². The van der Waals surface area contributed by atoms with Crippen LogP contribution in [0, 0.1) is 19.7 Å². The predicted molar refractivity (Wildman–Crippen MR) is 123 cm³/mol. The fourth-order valence-electron chi connectivity index (χ4n) is 4.06. The zero-order valence-corrected chi connectivity index (χ0v) is 20.0. The highest BCUT2D eigenvalue weighted by atomic mass is 19.1. The maximum absolute atomic E-state index is 13.1. The Balaban J connectivity index is 1.43. The second kappa shape index (κ2) is 9.32. The van der Waals surface area contributed by atoms with E-state index >= 15 is 0 Å². The maximum atomic E-state index is 13.1. The molecule has 0 fully saturated rings. The molecule has 3 amide bonds. The second-order valence-corrected chi connectivity index (χ2v) is 8.83. The van der Waals surface area contributed by atoms with E-state index in [4.69, 9.17) is 4.52 Å². The van der Waals surface area contributed by atoms with E-state index in [1.807, 2.05) is 13.8 Å². The summed E-state index contributed by atoms with van der Waals surface area (Å²) in [5.74, 6) is -0.877. The molecule has 2 N–H and O–H groups in total. The molecule has 4 rings (SSSR count). The topological polar surface area (TPSA) is 122 Å². The van der Waals surface area contributed by atoms with Crippen molar-refractivity contribution in [3.63, 3.8) is 0 Å². The standard InChI is InChI=1S/C24H27FN6O4/c1-14-18(15(2)35-29-14)9-10-26-21(32)19-11-20-22(33)30(4)24(3,13-31(20)28-19)23(34)27-12-16-5-7-17(25)8-6-16/h5-8,11H,9-10,12-13H2,1-4H3,(H,26,32)(H,27,34)/t24-/m1/s1. The molecule has 11 heteroatoms. The number of nitrogens with one attached hydrogen (secondary N) is 2. The van der Waals surface area contributed by atoms with Crippen LogP contribution < -0.4 is 10.6 Å². The molecule has 1 atom stereocenters. The number of likely N-dealkylation sites (N-methyl/N-ethyl adjacent to an activating group) is 1. The molecule has 1 aromatic carbocycles. The van der Waals surface area contributed by atoms with E-state index < -0.39 is 17.4 Å². The number of aryl methyl sites for hydroxylation is 2. The molecule has 0 saturated heterocycles. The highest BCUT2D eigenvalue weighted by molar-refractivity contribution is 6.01. The first-order valence-corrected chi connectivity index (χ1v) is 11.2. The van der Waals surface area contributed by atoms with E-state index in [1.54, 1.807) is 26.1 Å². The number of rotatable bonds is 7. The number of halogens is 1. The predicted octanol–water partition coefficient (Wildman–Crippen LogP) is 1.76. The number of benzene rings is 1. The number of hydrogen-bond acceptors (Lipinski definition) is 6. The van der Waals surface area contributed by atoms with Gasteiger partial charge in [-0.05, 0) is 44.9 Å². The molecule has 1 aliphatic heterocycles. The molecule has 0 bridgehead atoms. The van der Waals surface area contributed by atoms with E-state index in [0.29, 0.717) is 18.7 Å². The van der Waals surface area contributed by atoms with Crippen LogP contribution in [0.5, 0.6) is 0 Å². The Labute approximate surface area is 201 Å². The van der Waals surface area contributed by atoms with Gasteiger partial charge in [0.2, 0.25) is 5.91 Å². The summed E-state index contributed by atoms with van der Waals surface area (Å²) in [6, 6.07) is 7.22. The lowest BCUT2D eigenvalue weighted by Crippen LogP contribution is -2.62. The van der Waals surface area contributed by atoms with Crippen LogP contribution >= 0.6 is 0 Å². The molecule has 184 valence electrons. The van der Waals surface area contributed by atoms with Gasteiger partial charge in [0.15, 0.2) is 5.69 Å². The third-order valence-electron chi connectivity index (χ3n) is 6.43. The third-order valence-corrected chi connectivity index (χ3v) is 6.43. The first kappa shape index (κ1) is 24.1. The van der Waals surface area contributed by atoms with E-state index in [9.17, 15) is 18.8 Å². The highest BCUT2D eigenvalue weighted by Gasteiger charge is 2.46. The van der Waals surface area contributed by atoms with E-state index in [2.05, 4.69) is 20.9 Å². The Bertz CT molecular complexity index is 1260.